The summed E-state index contributed by atoms with van der Waals surface area (Å²) in [5.74, 6) is -0.164. The Morgan fingerprint density at radius 1 is 1.53 bits per heavy atom. The smallest absolute Gasteiger partial charge is 0.321 e. The molecule has 1 saturated heterocycles. The van der Waals surface area contributed by atoms with Gasteiger partial charge >= 0.3 is 5.97 Å². The van der Waals surface area contributed by atoms with Crippen molar-refractivity contribution in [2.75, 3.05) is 5.75 Å². The zero-order valence-electron chi connectivity index (χ0n) is 8.43. The molecule has 1 aliphatic rings. The molecule has 0 spiro atoms. The topological polar surface area (TPSA) is 49.3 Å². The minimum Gasteiger partial charge on any atom is -0.480 e. The van der Waals surface area contributed by atoms with E-state index in [2.05, 4.69) is 5.32 Å². The Morgan fingerprint density at radius 2 is 2.20 bits per heavy atom. The summed E-state index contributed by atoms with van der Waals surface area (Å²) in [4.78, 5) is 10.6. The average molecular weight is 223 g/mol. The van der Waals surface area contributed by atoms with Gasteiger partial charge < -0.3 is 5.11 Å². The van der Waals surface area contributed by atoms with E-state index in [-0.39, 0.29) is 4.87 Å². The molecule has 1 aromatic carbocycles. The van der Waals surface area contributed by atoms with E-state index in [1.54, 1.807) is 11.8 Å². The normalized spacial score (nSPS) is 30.3. The lowest BCUT2D eigenvalue weighted by atomic mass is 10.1. The van der Waals surface area contributed by atoms with Crippen LogP contribution in [0.2, 0.25) is 0 Å². The van der Waals surface area contributed by atoms with Gasteiger partial charge in [0.2, 0.25) is 0 Å². The molecule has 2 rings (SSSR count). The molecular weight excluding hydrogens is 210 g/mol. The summed E-state index contributed by atoms with van der Waals surface area (Å²) in [5.41, 5.74) is 1.12. The molecule has 15 heavy (non-hydrogen) atoms. The Bertz CT molecular complexity index is 368. The summed E-state index contributed by atoms with van der Waals surface area (Å²) >= 11 is 1.64. The fraction of sp³-hybridized carbons (Fsp3) is 0.364. The average Bonchev–Trinajstić information content (AvgIpc) is 2.64. The Kier molecular flexibility index (Phi) is 2.71. The second kappa shape index (κ2) is 3.87. The van der Waals surface area contributed by atoms with Crippen LogP contribution >= 0.6 is 11.8 Å². The fourth-order valence-corrected chi connectivity index (χ4v) is 2.98. The van der Waals surface area contributed by atoms with Crippen molar-refractivity contribution in [2.45, 2.75) is 17.8 Å². The number of benzene rings is 1. The Morgan fingerprint density at radius 3 is 2.73 bits per heavy atom. The molecule has 0 aromatic heterocycles. The van der Waals surface area contributed by atoms with E-state index >= 15 is 0 Å². The maximum atomic E-state index is 10.8. The lowest BCUT2D eigenvalue weighted by Crippen LogP contribution is -2.41. The van der Waals surface area contributed by atoms with Crippen LogP contribution in [0.1, 0.15) is 12.5 Å². The number of rotatable bonds is 2. The number of nitrogens with one attached hydrogen (secondary N) is 1. The second-order valence-corrected chi connectivity index (χ2v) is 5.18. The van der Waals surface area contributed by atoms with Gasteiger partial charge in [0, 0.05) is 5.75 Å². The SMILES string of the molecule is CC1(c2ccccc2)NC(C(=O)O)CS1. The number of hydrogen-bond donors (Lipinski definition) is 2. The number of carboxylic acids is 1. The van der Waals surface area contributed by atoms with E-state index in [9.17, 15) is 4.79 Å². The summed E-state index contributed by atoms with van der Waals surface area (Å²) in [6.07, 6.45) is 0. The van der Waals surface area contributed by atoms with Crippen molar-refractivity contribution in [3.8, 4) is 0 Å². The van der Waals surface area contributed by atoms with Crippen molar-refractivity contribution in [3.63, 3.8) is 0 Å². The van der Waals surface area contributed by atoms with Crippen LogP contribution in [0.25, 0.3) is 0 Å². The highest BCUT2D eigenvalue weighted by atomic mass is 32.2. The molecule has 0 bridgehead atoms. The van der Waals surface area contributed by atoms with Gasteiger partial charge in [0.25, 0.3) is 0 Å². The number of carboxylic acid groups (broad SMARTS) is 1. The van der Waals surface area contributed by atoms with Crippen molar-refractivity contribution >= 4 is 17.7 Å². The third-order valence-electron chi connectivity index (χ3n) is 2.61. The van der Waals surface area contributed by atoms with Crippen LogP contribution in [-0.4, -0.2) is 22.9 Å². The molecule has 4 heteroatoms. The minimum absolute atomic E-state index is 0.273. The van der Waals surface area contributed by atoms with Gasteiger partial charge in [-0.05, 0) is 12.5 Å². The number of hydrogen-bond acceptors (Lipinski definition) is 3. The maximum absolute atomic E-state index is 10.8. The molecule has 1 aliphatic heterocycles. The van der Waals surface area contributed by atoms with Crippen molar-refractivity contribution < 1.29 is 9.90 Å². The first-order chi connectivity index (χ1) is 7.12. The second-order valence-electron chi connectivity index (χ2n) is 3.75. The van der Waals surface area contributed by atoms with Gasteiger partial charge in [-0.2, -0.15) is 0 Å². The Labute approximate surface area is 92.9 Å². The quantitative estimate of drug-likeness (QED) is 0.800. The summed E-state index contributed by atoms with van der Waals surface area (Å²) in [7, 11) is 0. The molecule has 0 amide bonds. The first-order valence-corrected chi connectivity index (χ1v) is 5.80. The molecule has 2 unspecified atom stereocenters. The molecule has 1 fully saturated rings. The monoisotopic (exact) mass is 223 g/mol. The highest BCUT2D eigenvalue weighted by molar-refractivity contribution is 8.00. The Balaban J connectivity index is 2.20. The zero-order valence-corrected chi connectivity index (χ0v) is 9.25. The zero-order chi connectivity index (χ0) is 10.9. The van der Waals surface area contributed by atoms with Gasteiger partial charge in [0.15, 0.2) is 0 Å². The summed E-state index contributed by atoms with van der Waals surface area (Å²) in [6, 6.07) is 9.49. The van der Waals surface area contributed by atoms with Crippen molar-refractivity contribution in [2.24, 2.45) is 0 Å². The van der Waals surface area contributed by atoms with Crippen LogP contribution in [0, 0.1) is 0 Å². The number of carbonyl (C=O) groups is 1. The molecule has 1 aromatic rings. The highest BCUT2D eigenvalue weighted by Gasteiger charge is 2.39. The molecule has 2 atom stereocenters. The lowest BCUT2D eigenvalue weighted by Gasteiger charge is -2.24. The first-order valence-electron chi connectivity index (χ1n) is 4.82. The standard InChI is InChI=1S/C11H13NO2S/c1-11(8-5-3-2-4-6-8)12-9(7-15-11)10(13)14/h2-6,9,12H,7H2,1H3,(H,13,14). The Hall–Kier alpha value is -1.00. The van der Waals surface area contributed by atoms with Crippen molar-refractivity contribution in [1.29, 1.82) is 0 Å². The predicted octanol–water partition coefficient (Wildman–Crippen LogP) is 1.65. The summed E-state index contributed by atoms with van der Waals surface area (Å²) in [6.45, 7) is 2.02. The molecular formula is C11H13NO2S. The van der Waals surface area contributed by atoms with Crippen LogP contribution in [0.4, 0.5) is 0 Å². The van der Waals surface area contributed by atoms with Crippen molar-refractivity contribution in [3.05, 3.63) is 35.9 Å². The minimum atomic E-state index is -0.776. The van der Waals surface area contributed by atoms with Crippen LogP contribution in [0.3, 0.4) is 0 Å². The molecule has 1 heterocycles. The fourth-order valence-electron chi connectivity index (χ4n) is 1.72. The van der Waals surface area contributed by atoms with Crippen molar-refractivity contribution in [1.82, 2.24) is 5.32 Å². The van der Waals surface area contributed by atoms with Gasteiger partial charge in [-0.3, -0.25) is 10.1 Å². The van der Waals surface area contributed by atoms with E-state index in [1.807, 2.05) is 37.3 Å². The number of aliphatic carboxylic acids is 1. The number of thioether (sulfide) groups is 1. The van der Waals surface area contributed by atoms with E-state index in [0.29, 0.717) is 5.75 Å². The third-order valence-corrected chi connectivity index (χ3v) is 4.04. The molecule has 0 saturated carbocycles. The lowest BCUT2D eigenvalue weighted by molar-refractivity contribution is -0.138. The molecule has 0 aliphatic carbocycles. The highest BCUT2D eigenvalue weighted by Crippen LogP contribution is 2.38. The van der Waals surface area contributed by atoms with Crippen LogP contribution in [-0.2, 0) is 9.67 Å². The van der Waals surface area contributed by atoms with Gasteiger partial charge in [-0.15, -0.1) is 11.8 Å². The van der Waals surface area contributed by atoms with E-state index < -0.39 is 12.0 Å². The van der Waals surface area contributed by atoms with Gasteiger partial charge in [0.05, 0.1) is 4.87 Å². The van der Waals surface area contributed by atoms with Crippen LogP contribution in [0.5, 0.6) is 0 Å². The predicted molar refractivity (Wildman–Crippen MR) is 60.8 cm³/mol. The maximum Gasteiger partial charge on any atom is 0.321 e. The molecule has 3 nitrogen and oxygen atoms in total. The molecule has 80 valence electrons. The van der Waals surface area contributed by atoms with Crippen LogP contribution in [0.15, 0.2) is 30.3 Å². The van der Waals surface area contributed by atoms with Gasteiger partial charge in [-0.1, -0.05) is 30.3 Å². The van der Waals surface area contributed by atoms with E-state index in [0.717, 1.165) is 5.56 Å². The third kappa shape index (κ3) is 2.01. The first kappa shape index (κ1) is 10.5. The largest absolute Gasteiger partial charge is 0.480 e. The van der Waals surface area contributed by atoms with Gasteiger partial charge in [-0.25, -0.2) is 0 Å². The molecule has 0 radical (unpaired) electrons. The van der Waals surface area contributed by atoms with Gasteiger partial charge in [0.1, 0.15) is 6.04 Å². The van der Waals surface area contributed by atoms with Crippen LogP contribution < -0.4 is 5.32 Å². The summed E-state index contributed by atoms with van der Waals surface area (Å²) in [5, 5.41) is 12.1. The van der Waals surface area contributed by atoms with E-state index in [1.165, 1.54) is 0 Å². The summed E-state index contributed by atoms with van der Waals surface area (Å²) < 4.78 is 0. The molecule has 2 N–H and O–H groups in total. The van der Waals surface area contributed by atoms with E-state index in [4.69, 9.17) is 5.11 Å².